The van der Waals surface area contributed by atoms with Gasteiger partial charge in [0.1, 0.15) is 0 Å². The minimum absolute atomic E-state index is 0.309. The third-order valence-electron chi connectivity index (χ3n) is 2.87. The molecule has 2 aliphatic heterocycles. The van der Waals surface area contributed by atoms with Crippen molar-refractivity contribution in [2.24, 2.45) is 0 Å². The van der Waals surface area contributed by atoms with Crippen LogP contribution in [0.15, 0.2) is 0 Å². The Balaban J connectivity index is 1.86. The summed E-state index contributed by atoms with van der Waals surface area (Å²) in [5, 5.41) is 3.11. The Labute approximate surface area is 79.2 Å². The largest absolute Gasteiger partial charge is 0.318 e. The first-order valence-electron chi connectivity index (χ1n) is 4.73. The van der Waals surface area contributed by atoms with E-state index in [0.29, 0.717) is 23.6 Å². The van der Waals surface area contributed by atoms with Gasteiger partial charge in [-0.2, -0.15) is 0 Å². The number of rotatable bonds is 3. The minimum Gasteiger partial charge on any atom is -0.318 e. The molecule has 0 spiro atoms. The van der Waals surface area contributed by atoms with Crippen LogP contribution in [0, 0.1) is 0 Å². The Morgan fingerprint density at radius 3 is 2.85 bits per heavy atom. The molecule has 0 aromatic heterocycles. The van der Waals surface area contributed by atoms with Crippen molar-refractivity contribution >= 4 is 9.84 Å². The molecule has 0 saturated carbocycles. The SMILES string of the molecule is CNCC1CN1C1CCS(=O)(=O)C1. The van der Waals surface area contributed by atoms with E-state index in [2.05, 4.69) is 10.2 Å². The lowest BCUT2D eigenvalue weighted by atomic mass is 10.3. The fraction of sp³-hybridized carbons (Fsp3) is 1.00. The fourth-order valence-corrected chi connectivity index (χ4v) is 3.84. The molecule has 2 aliphatic rings. The Morgan fingerprint density at radius 1 is 1.54 bits per heavy atom. The summed E-state index contributed by atoms with van der Waals surface area (Å²) in [6.45, 7) is 2.05. The van der Waals surface area contributed by atoms with Crippen LogP contribution in [0.3, 0.4) is 0 Å². The molecule has 0 aliphatic carbocycles. The van der Waals surface area contributed by atoms with Gasteiger partial charge in [-0.25, -0.2) is 8.42 Å². The van der Waals surface area contributed by atoms with Gasteiger partial charge in [-0.15, -0.1) is 0 Å². The van der Waals surface area contributed by atoms with Crippen LogP contribution < -0.4 is 5.32 Å². The summed E-state index contributed by atoms with van der Waals surface area (Å²) < 4.78 is 22.4. The normalized spacial score (nSPS) is 42.1. The zero-order valence-corrected chi connectivity index (χ0v) is 8.68. The van der Waals surface area contributed by atoms with Crippen molar-refractivity contribution in [2.75, 3.05) is 31.6 Å². The van der Waals surface area contributed by atoms with Crippen LogP contribution in [-0.4, -0.2) is 57.0 Å². The van der Waals surface area contributed by atoms with Crippen molar-refractivity contribution in [1.29, 1.82) is 0 Å². The molecule has 0 amide bonds. The summed E-state index contributed by atoms with van der Waals surface area (Å²) in [6.07, 6.45) is 0.836. The molecule has 2 rings (SSSR count). The number of nitrogens with one attached hydrogen (secondary N) is 1. The summed E-state index contributed by atoms with van der Waals surface area (Å²) in [5.41, 5.74) is 0. The van der Waals surface area contributed by atoms with Crippen LogP contribution in [0.1, 0.15) is 6.42 Å². The molecule has 3 atom stereocenters. The molecule has 4 nitrogen and oxygen atoms in total. The molecule has 0 radical (unpaired) electrons. The second kappa shape index (κ2) is 3.22. The van der Waals surface area contributed by atoms with Gasteiger partial charge in [-0.3, -0.25) is 4.90 Å². The Hall–Kier alpha value is -0.130. The summed E-state index contributed by atoms with van der Waals surface area (Å²) in [7, 11) is -0.768. The van der Waals surface area contributed by atoms with E-state index in [1.165, 1.54) is 0 Å². The predicted octanol–water partition coefficient (Wildman–Crippen LogP) is -0.923. The maximum atomic E-state index is 11.2. The first kappa shape index (κ1) is 9.43. The van der Waals surface area contributed by atoms with E-state index in [-0.39, 0.29) is 0 Å². The molecule has 3 unspecified atom stereocenters. The Kier molecular flexibility index (Phi) is 2.33. The number of hydrogen-bond acceptors (Lipinski definition) is 4. The predicted molar refractivity (Wildman–Crippen MR) is 51.5 cm³/mol. The van der Waals surface area contributed by atoms with Crippen molar-refractivity contribution in [3.63, 3.8) is 0 Å². The van der Waals surface area contributed by atoms with Crippen molar-refractivity contribution < 1.29 is 8.42 Å². The molecule has 0 aromatic rings. The smallest absolute Gasteiger partial charge is 0.151 e. The van der Waals surface area contributed by atoms with E-state index in [4.69, 9.17) is 0 Å². The highest BCUT2D eigenvalue weighted by molar-refractivity contribution is 7.91. The zero-order chi connectivity index (χ0) is 9.47. The average molecular weight is 204 g/mol. The van der Waals surface area contributed by atoms with Crippen molar-refractivity contribution in [1.82, 2.24) is 10.2 Å². The van der Waals surface area contributed by atoms with Crippen molar-refractivity contribution in [3.8, 4) is 0 Å². The zero-order valence-electron chi connectivity index (χ0n) is 7.86. The second-order valence-electron chi connectivity index (χ2n) is 3.97. The number of hydrogen-bond donors (Lipinski definition) is 1. The average Bonchev–Trinajstić information content (AvgIpc) is 2.70. The molecule has 13 heavy (non-hydrogen) atoms. The lowest BCUT2D eigenvalue weighted by Crippen LogP contribution is -2.25. The highest BCUT2D eigenvalue weighted by Crippen LogP contribution is 2.27. The third kappa shape index (κ3) is 2.03. The summed E-state index contributed by atoms with van der Waals surface area (Å²) in [4.78, 5) is 2.29. The Morgan fingerprint density at radius 2 is 2.31 bits per heavy atom. The van der Waals surface area contributed by atoms with Gasteiger partial charge in [-0.05, 0) is 13.5 Å². The summed E-state index contributed by atoms with van der Waals surface area (Å²) in [6, 6.07) is 0.895. The molecule has 0 bridgehead atoms. The molecule has 2 fully saturated rings. The highest BCUT2D eigenvalue weighted by Gasteiger charge is 2.43. The summed E-state index contributed by atoms with van der Waals surface area (Å²) >= 11 is 0. The van der Waals surface area contributed by atoms with Gasteiger partial charge in [0, 0.05) is 25.2 Å². The molecular formula is C8H16N2O2S. The van der Waals surface area contributed by atoms with Gasteiger partial charge in [0.05, 0.1) is 11.5 Å². The van der Waals surface area contributed by atoms with Crippen LogP contribution in [0.2, 0.25) is 0 Å². The number of nitrogens with zero attached hydrogens (tertiary/aromatic N) is 1. The number of likely N-dealkylation sites (N-methyl/N-ethyl adjacent to an activating group) is 1. The molecule has 76 valence electrons. The number of sulfone groups is 1. The molecule has 5 heteroatoms. The summed E-state index contributed by atoms with van der Waals surface area (Å²) in [5.74, 6) is 0.771. The molecule has 2 saturated heterocycles. The van der Waals surface area contributed by atoms with Gasteiger partial charge in [0.2, 0.25) is 0 Å². The molecular weight excluding hydrogens is 188 g/mol. The van der Waals surface area contributed by atoms with Crippen LogP contribution >= 0.6 is 0 Å². The van der Waals surface area contributed by atoms with Crippen molar-refractivity contribution in [3.05, 3.63) is 0 Å². The van der Waals surface area contributed by atoms with Crippen LogP contribution in [0.4, 0.5) is 0 Å². The topological polar surface area (TPSA) is 49.2 Å². The molecule has 1 N–H and O–H groups in total. The van der Waals surface area contributed by atoms with Crippen LogP contribution in [0.5, 0.6) is 0 Å². The van der Waals surface area contributed by atoms with E-state index in [1.54, 1.807) is 0 Å². The van der Waals surface area contributed by atoms with Gasteiger partial charge < -0.3 is 5.32 Å². The molecule has 2 heterocycles. The maximum absolute atomic E-state index is 11.2. The highest BCUT2D eigenvalue weighted by atomic mass is 32.2. The third-order valence-corrected chi connectivity index (χ3v) is 4.62. The van der Waals surface area contributed by atoms with Crippen LogP contribution in [-0.2, 0) is 9.84 Å². The molecule has 0 aromatic carbocycles. The van der Waals surface area contributed by atoms with E-state index in [0.717, 1.165) is 19.5 Å². The fourth-order valence-electron chi connectivity index (χ4n) is 2.10. The van der Waals surface area contributed by atoms with E-state index in [9.17, 15) is 8.42 Å². The second-order valence-corrected chi connectivity index (χ2v) is 6.19. The Bertz CT molecular complexity index is 289. The van der Waals surface area contributed by atoms with Crippen molar-refractivity contribution in [2.45, 2.75) is 18.5 Å². The van der Waals surface area contributed by atoms with Gasteiger partial charge in [0.25, 0.3) is 0 Å². The lowest BCUT2D eigenvalue weighted by Gasteiger charge is -2.09. The van der Waals surface area contributed by atoms with Gasteiger partial charge in [0.15, 0.2) is 9.84 Å². The van der Waals surface area contributed by atoms with E-state index >= 15 is 0 Å². The standard InChI is InChI=1S/C8H16N2O2S/c1-9-4-8-5-10(8)7-2-3-13(11,12)6-7/h7-9H,2-6H2,1H3. The van der Waals surface area contributed by atoms with E-state index in [1.807, 2.05) is 7.05 Å². The quantitative estimate of drug-likeness (QED) is 0.604. The minimum atomic E-state index is -2.70. The first-order chi connectivity index (χ1) is 6.12. The van der Waals surface area contributed by atoms with Gasteiger partial charge in [-0.1, -0.05) is 0 Å². The monoisotopic (exact) mass is 204 g/mol. The van der Waals surface area contributed by atoms with Gasteiger partial charge >= 0.3 is 0 Å². The van der Waals surface area contributed by atoms with Crippen LogP contribution in [0.25, 0.3) is 0 Å². The first-order valence-corrected chi connectivity index (χ1v) is 6.55. The van der Waals surface area contributed by atoms with E-state index < -0.39 is 9.84 Å². The maximum Gasteiger partial charge on any atom is 0.151 e. The lowest BCUT2D eigenvalue weighted by molar-refractivity contribution is 0.396.